The first-order chi connectivity index (χ1) is 10.8. The average Bonchev–Trinajstić information content (AvgIpc) is 2.50. The van der Waals surface area contributed by atoms with Gasteiger partial charge in [-0.3, -0.25) is 5.32 Å². The van der Waals surface area contributed by atoms with E-state index in [9.17, 15) is 0 Å². The Morgan fingerprint density at radius 2 is 1.23 bits per heavy atom. The molecule has 1 N–H and O–H groups in total. The quantitative estimate of drug-likeness (QED) is 0.325. The standard InChI is InChI=1S/C16H36NO4P/c1-4-5-6-8-18-10-12-20-14-15-21-13-11-19-9-7-17-16-22(2)3/h16-17,22H,4-15H2,1-3H3. The van der Waals surface area contributed by atoms with Gasteiger partial charge in [-0.05, 0) is 25.7 Å². The van der Waals surface area contributed by atoms with Crippen molar-refractivity contribution in [3.63, 3.8) is 0 Å². The van der Waals surface area contributed by atoms with Crippen molar-refractivity contribution < 1.29 is 18.9 Å². The molecule has 5 nitrogen and oxygen atoms in total. The highest BCUT2D eigenvalue weighted by Crippen LogP contribution is 2.03. The Kier molecular flexibility index (Phi) is 19.2. The Balaban J connectivity index is 2.98. The van der Waals surface area contributed by atoms with Gasteiger partial charge in [0.15, 0.2) is 0 Å². The van der Waals surface area contributed by atoms with E-state index in [4.69, 9.17) is 18.9 Å². The van der Waals surface area contributed by atoms with Crippen molar-refractivity contribution in [2.45, 2.75) is 26.2 Å². The third kappa shape index (κ3) is 20.1. The summed E-state index contributed by atoms with van der Waals surface area (Å²) in [7, 11) is -0.294. The summed E-state index contributed by atoms with van der Waals surface area (Å²) in [6.07, 6.45) is 3.62. The third-order valence-corrected chi connectivity index (χ3v) is 3.57. The van der Waals surface area contributed by atoms with Gasteiger partial charge < -0.3 is 18.9 Å². The predicted molar refractivity (Wildman–Crippen MR) is 97.0 cm³/mol. The lowest BCUT2D eigenvalue weighted by Gasteiger charge is -2.07. The molecule has 0 aromatic carbocycles. The maximum Gasteiger partial charge on any atom is 0.0701 e. The normalized spacial score (nSPS) is 11.3. The zero-order valence-corrected chi connectivity index (χ0v) is 15.7. The Morgan fingerprint density at radius 3 is 1.73 bits per heavy atom. The molecule has 0 unspecified atom stereocenters. The van der Waals surface area contributed by atoms with Gasteiger partial charge in [-0.15, -0.1) is 7.55 Å². The summed E-state index contributed by atoms with van der Waals surface area (Å²) in [4.78, 5) is 0. The number of unbranched alkanes of at least 4 members (excludes halogenated alkanes) is 2. The highest BCUT2D eigenvalue weighted by molar-refractivity contribution is 7.55. The molecular weight excluding hydrogens is 301 g/mol. The first-order valence-electron chi connectivity index (χ1n) is 8.45. The zero-order valence-electron chi connectivity index (χ0n) is 14.7. The summed E-state index contributed by atoms with van der Waals surface area (Å²) < 4.78 is 21.7. The monoisotopic (exact) mass is 337 g/mol. The van der Waals surface area contributed by atoms with Crippen molar-refractivity contribution >= 4 is 13.5 Å². The summed E-state index contributed by atoms with van der Waals surface area (Å²) in [5.41, 5.74) is 0. The van der Waals surface area contributed by atoms with Crippen LogP contribution in [0.2, 0.25) is 0 Å². The van der Waals surface area contributed by atoms with Crippen LogP contribution in [-0.4, -0.2) is 78.6 Å². The highest BCUT2D eigenvalue weighted by atomic mass is 31.1. The molecule has 0 aromatic heterocycles. The Morgan fingerprint density at radius 1 is 0.727 bits per heavy atom. The van der Waals surface area contributed by atoms with Crippen LogP contribution in [0, 0.1) is 0 Å². The topological polar surface area (TPSA) is 49.0 Å². The van der Waals surface area contributed by atoms with Gasteiger partial charge in [0.25, 0.3) is 0 Å². The molecule has 134 valence electrons. The van der Waals surface area contributed by atoms with Crippen LogP contribution < -0.4 is 5.32 Å². The second-order valence-electron chi connectivity index (χ2n) is 5.33. The molecule has 0 heterocycles. The first-order valence-corrected chi connectivity index (χ1v) is 11.0. The predicted octanol–water partition coefficient (Wildman–Crippen LogP) is 2.07. The molecule has 0 saturated heterocycles. The second-order valence-corrected chi connectivity index (χ2v) is 7.78. The van der Waals surface area contributed by atoms with Crippen LogP contribution in [0.25, 0.3) is 0 Å². The maximum absolute atomic E-state index is 5.45. The molecule has 0 radical (unpaired) electrons. The van der Waals surface area contributed by atoms with Gasteiger partial charge in [0.1, 0.15) is 0 Å². The number of ether oxygens (including phenoxy) is 4. The lowest BCUT2D eigenvalue weighted by molar-refractivity contribution is -0.00152. The van der Waals surface area contributed by atoms with Gasteiger partial charge in [0, 0.05) is 13.2 Å². The van der Waals surface area contributed by atoms with E-state index in [1.807, 2.05) is 0 Å². The Labute approximate surface area is 137 Å². The van der Waals surface area contributed by atoms with Gasteiger partial charge in [-0.25, -0.2) is 0 Å². The molecule has 0 fully saturated rings. The third-order valence-electron chi connectivity index (χ3n) is 2.79. The van der Waals surface area contributed by atoms with Crippen LogP contribution in [0.5, 0.6) is 0 Å². The maximum atomic E-state index is 5.45. The molecule has 0 saturated carbocycles. The zero-order chi connectivity index (χ0) is 16.3. The van der Waals surface area contributed by atoms with E-state index in [2.05, 4.69) is 31.5 Å². The largest absolute Gasteiger partial charge is 0.379 e. The molecule has 0 amide bonds. The van der Waals surface area contributed by atoms with Gasteiger partial charge in [0.05, 0.1) is 46.2 Å². The van der Waals surface area contributed by atoms with E-state index >= 15 is 0 Å². The van der Waals surface area contributed by atoms with Crippen molar-refractivity contribution in [2.75, 3.05) is 72.7 Å². The van der Waals surface area contributed by atoms with Gasteiger partial charge >= 0.3 is 0 Å². The van der Waals surface area contributed by atoms with Gasteiger partial charge in [0.2, 0.25) is 0 Å². The van der Waals surface area contributed by atoms with Crippen LogP contribution in [0.4, 0.5) is 0 Å². The smallest absolute Gasteiger partial charge is 0.0701 e. The molecule has 0 aliphatic heterocycles. The number of hydrogen-bond donors (Lipinski definition) is 1. The minimum atomic E-state index is -0.294. The lowest BCUT2D eigenvalue weighted by atomic mass is 10.3. The fourth-order valence-electron chi connectivity index (χ4n) is 1.62. The van der Waals surface area contributed by atoms with Gasteiger partial charge in [-0.2, -0.15) is 0 Å². The van der Waals surface area contributed by atoms with E-state index < -0.39 is 0 Å². The summed E-state index contributed by atoms with van der Waals surface area (Å²) in [5, 5.41) is 3.25. The van der Waals surface area contributed by atoms with Crippen molar-refractivity contribution in [3.05, 3.63) is 0 Å². The summed E-state index contributed by atoms with van der Waals surface area (Å²) in [5.74, 6) is 2.18. The molecule has 0 rings (SSSR count). The Bertz CT molecular complexity index is 248. The van der Waals surface area contributed by atoms with Crippen molar-refractivity contribution in [1.82, 2.24) is 5.32 Å². The number of nitrogens with one attached hydrogen (secondary N) is 1. The van der Waals surface area contributed by atoms with Crippen molar-refractivity contribution in [3.8, 4) is 0 Å². The summed E-state index contributed by atoms with van der Waals surface area (Å²) >= 11 is 0. The van der Waals surface area contributed by atoms with Gasteiger partial charge in [-0.1, -0.05) is 19.8 Å². The fourth-order valence-corrected chi connectivity index (χ4v) is 2.18. The minimum absolute atomic E-state index is 0.294. The summed E-state index contributed by atoms with van der Waals surface area (Å²) in [6.45, 7) is 12.9. The van der Waals surface area contributed by atoms with Crippen LogP contribution in [0.3, 0.4) is 0 Å². The fraction of sp³-hybridized carbons (Fsp3) is 0.938. The lowest BCUT2D eigenvalue weighted by Crippen LogP contribution is -2.19. The van der Waals surface area contributed by atoms with Crippen LogP contribution >= 0.6 is 7.55 Å². The number of rotatable bonds is 17. The van der Waals surface area contributed by atoms with E-state index in [0.717, 1.165) is 26.2 Å². The highest BCUT2D eigenvalue weighted by Gasteiger charge is 1.93. The molecule has 0 bridgehead atoms. The second kappa shape index (κ2) is 19.1. The van der Waals surface area contributed by atoms with E-state index in [1.165, 1.54) is 12.8 Å². The van der Waals surface area contributed by atoms with E-state index in [-0.39, 0.29) is 7.55 Å². The van der Waals surface area contributed by atoms with E-state index in [1.54, 1.807) is 0 Å². The van der Waals surface area contributed by atoms with Crippen LogP contribution in [0.15, 0.2) is 0 Å². The molecule has 0 aromatic rings. The minimum Gasteiger partial charge on any atom is -0.379 e. The number of hydrogen-bond acceptors (Lipinski definition) is 4. The molecular formula is C16H36NO4P. The van der Waals surface area contributed by atoms with Crippen LogP contribution in [0.1, 0.15) is 26.2 Å². The molecule has 0 spiro atoms. The summed E-state index contributed by atoms with van der Waals surface area (Å²) in [6, 6.07) is 0. The van der Waals surface area contributed by atoms with Crippen LogP contribution in [-0.2, 0) is 18.9 Å². The first kappa shape index (κ1) is 22.1. The SMILES string of the molecule is CCCCCOCCOCCOCCOCCNC=[PH](C)C. The average molecular weight is 337 g/mol. The molecule has 6 heteroatoms. The van der Waals surface area contributed by atoms with E-state index in [0.29, 0.717) is 39.6 Å². The van der Waals surface area contributed by atoms with Crippen molar-refractivity contribution in [1.29, 1.82) is 0 Å². The molecule has 22 heavy (non-hydrogen) atoms. The molecule has 0 atom stereocenters. The molecule has 0 aliphatic carbocycles. The molecule has 0 aliphatic rings. The van der Waals surface area contributed by atoms with Crippen molar-refractivity contribution in [2.24, 2.45) is 0 Å². The Hall–Kier alpha value is 0.100.